The smallest absolute Gasteiger partial charge is 0.323 e. The first-order valence-electron chi connectivity index (χ1n) is 10.0. The lowest BCUT2D eigenvalue weighted by Crippen LogP contribution is -2.20. The Balaban J connectivity index is 1.40. The Morgan fingerprint density at radius 3 is 2.84 bits per heavy atom. The molecule has 5 aromatic rings. The van der Waals surface area contributed by atoms with Gasteiger partial charge < -0.3 is 24.9 Å². The molecule has 0 bridgehead atoms. The van der Waals surface area contributed by atoms with E-state index in [-0.39, 0.29) is 5.69 Å². The molecule has 2 aromatic carbocycles. The molecule has 3 N–H and O–H groups in total. The number of carbonyl (C=O) groups is 1. The van der Waals surface area contributed by atoms with Crippen LogP contribution in [0, 0.1) is 5.82 Å². The number of ether oxygens (including phenoxy) is 1. The molecule has 7 nitrogen and oxygen atoms in total. The predicted molar refractivity (Wildman–Crippen MR) is 123 cm³/mol. The van der Waals surface area contributed by atoms with E-state index in [1.165, 1.54) is 25.3 Å². The Morgan fingerprint density at radius 1 is 1.09 bits per heavy atom. The fourth-order valence-electron chi connectivity index (χ4n) is 3.86. The molecule has 160 valence electrons. The normalized spacial score (nSPS) is 11.1. The van der Waals surface area contributed by atoms with E-state index in [1.54, 1.807) is 6.20 Å². The number of amides is 2. The van der Waals surface area contributed by atoms with Crippen molar-refractivity contribution in [2.75, 3.05) is 17.7 Å². The molecule has 0 fully saturated rings. The van der Waals surface area contributed by atoms with Crippen LogP contribution >= 0.6 is 0 Å². The molecule has 8 heteroatoms. The van der Waals surface area contributed by atoms with Gasteiger partial charge in [0.25, 0.3) is 0 Å². The average Bonchev–Trinajstić information content (AvgIpc) is 3.42. The van der Waals surface area contributed by atoms with Gasteiger partial charge in [-0.15, -0.1) is 0 Å². The molecule has 0 aliphatic rings. The highest BCUT2D eigenvalue weighted by molar-refractivity contribution is 6.06. The maximum Gasteiger partial charge on any atom is 0.323 e. The summed E-state index contributed by atoms with van der Waals surface area (Å²) in [5.41, 5.74) is 3.87. The molecular formula is C24H20FN5O2. The fourth-order valence-corrected chi connectivity index (χ4v) is 3.86. The SMILES string of the molecule is COc1ccc(F)cc1NC(=O)Nc1cccc2c1ccn2Cc1ccnc2[nH]ccc12. The van der Waals surface area contributed by atoms with E-state index in [4.69, 9.17) is 4.74 Å². The number of hydrogen-bond acceptors (Lipinski definition) is 3. The van der Waals surface area contributed by atoms with Gasteiger partial charge in [0, 0.05) is 42.0 Å². The highest BCUT2D eigenvalue weighted by Crippen LogP contribution is 2.28. The van der Waals surface area contributed by atoms with Crippen LogP contribution in [0.2, 0.25) is 0 Å². The molecule has 0 atom stereocenters. The van der Waals surface area contributed by atoms with Gasteiger partial charge in [-0.25, -0.2) is 14.2 Å². The van der Waals surface area contributed by atoms with E-state index in [1.807, 2.05) is 48.8 Å². The minimum atomic E-state index is -0.489. The van der Waals surface area contributed by atoms with E-state index < -0.39 is 11.8 Å². The van der Waals surface area contributed by atoms with Crippen LogP contribution in [0.1, 0.15) is 5.56 Å². The van der Waals surface area contributed by atoms with Crippen molar-refractivity contribution < 1.29 is 13.9 Å². The second-order valence-electron chi connectivity index (χ2n) is 7.32. The fraction of sp³-hybridized carbons (Fsp3) is 0.0833. The lowest BCUT2D eigenvalue weighted by Gasteiger charge is -2.12. The first-order chi connectivity index (χ1) is 15.6. The van der Waals surface area contributed by atoms with Crippen molar-refractivity contribution in [2.45, 2.75) is 6.54 Å². The number of hydrogen-bond donors (Lipinski definition) is 3. The molecule has 3 heterocycles. The Hall–Kier alpha value is -4.33. The lowest BCUT2D eigenvalue weighted by atomic mass is 10.2. The summed E-state index contributed by atoms with van der Waals surface area (Å²) in [6, 6.07) is 15.2. The zero-order chi connectivity index (χ0) is 22.1. The number of pyridine rings is 1. The van der Waals surface area contributed by atoms with Crippen molar-refractivity contribution in [3.63, 3.8) is 0 Å². The van der Waals surface area contributed by atoms with E-state index in [2.05, 4.69) is 25.2 Å². The van der Waals surface area contributed by atoms with Crippen LogP contribution in [0.4, 0.5) is 20.6 Å². The lowest BCUT2D eigenvalue weighted by molar-refractivity contribution is 0.262. The number of nitrogens with one attached hydrogen (secondary N) is 3. The topological polar surface area (TPSA) is 84.0 Å². The van der Waals surface area contributed by atoms with E-state index in [0.717, 1.165) is 27.5 Å². The summed E-state index contributed by atoms with van der Waals surface area (Å²) < 4.78 is 20.9. The highest BCUT2D eigenvalue weighted by atomic mass is 19.1. The summed E-state index contributed by atoms with van der Waals surface area (Å²) in [5, 5.41) is 7.47. The number of H-pyrrole nitrogens is 1. The Kier molecular flexibility index (Phi) is 4.95. The van der Waals surface area contributed by atoms with Crippen LogP contribution in [-0.2, 0) is 6.54 Å². The Bertz CT molecular complexity index is 1440. The number of anilines is 2. The maximum absolute atomic E-state index is 13.6. The third-order valence-corrected chi connectivity index (χ3v) is 5.36. The third kappa shape index (κ3) is 3.62. The van der Waals surface area contributed by atoms with Gasteiger partial charge >= 0.3 is 6.03 Å². The zero-order valence-corrected chi connectivity index (χ0v) is 17.2. The summed E-state index contributed by atoms with van der Waals surface area (Å²) in [5.74, 6) is -0.0905. The maximum atomic E-state index is 13.6. The van der Waals surface area contributed by atoms with Crippen molar-refractivity contribution in [3.8, 4) is 5.75 Å². The monoisotopic (exact) mass is 429 g/mol. The van der Waals surface area contributed by atoms with Crippen molar-refractivity contribution in [2.24, 2.45) is 0 Å². The highest BCUT2D eigenvalue weighted by Gasteiger charge is 2.12. The molecule has 0 unspecified atom stereocenters. The molecule has 0 radical (unpaired) electrons. The van der Waals surface area contributed by atoms with Gasteiger partial charge in [0.15, 0.2) is 0 Å². The number of carbonyl (C=O) groups excluding carboxylic acids is 1. The Labute approximate surface area is 182 Å². The molecule has 3 aromatic heterocycles. The number of methoxy groups -OCH3 is 1. The number of benzene rings is 2. The van der Waals surface area contributed by atoms with Crippen LogP contribution in [0.25, 0.3) is 21.9 Å². The quantitative estimate of drug-likeness (QED) is 0.352. The van der Waals surface area contributed by atoms with Crippen LogP contribution in [0.15, 0.2) is 73.2 Å². The number of halogens is 1. The second-order valence-corrected chi connectivity index (χ2v) is 7.32. The summed E-state index contributed by atoms with van der Waals surface area (Å²) in [6.45, 7) is 0.663. The summed E-state index contributed by atoms with van der Waals surface area (Å²) in [4.78, 5) is 20.1. The molecule has 0 saturated carbocycles. The van der Waals surface area contributed by atoms with Crippen LogP contribution in [-0.4, -0.2) is 27.7 Å². The molecular weight excluding hydrogens is 409 g/mol. The standard InChI is InChI=1S/C24H20FN5O2/c1-32-22-6-5-16(25)13-20(22)29-24(31)28-19-3-2-4-21-18(19)9-12-30(21)14-15-7-10-26-23-17(15)8-11-27-23/h2-13H,14H2,1H3,(H,26,27)(H2,28,29,31). The van der Waals surface area contributed by atoms with Gasteiger partial charge in [0.1, 0.15) is 17.2 Å². The minimum absolute atomic E-state index is 0.253. The van der Waals surface area contributed by atoms with Crippen molar-refractivity contribution in [3.05, 3.63) is 84.6 Å². The van der Waals surface area contributed by atoms with E-state index >= 15 is 0 Å². The summed E-state index contributed by atoms with van der Waals surface area (Å²) in [6.07, 6.45) is 5.66. The number of nitrogens with zero attached hydrogens (tertiary/aromatic N) is 2. The van der Waals surface area contributed by atoms with Gasteiger partial charge in [0.05, 0.1) is 24.0 Å². The molecule has 0 spiro atoms. The predicted octanol–water partition coefficient (Wildman–Crippen LogP) is 5.36. The van der Waals surface area contributed by atoms with Gasteiger partial charge in [-0.2, -0.15) is 0 Å². The van der Waals surface area contributed by atoms with Crippen LogP contribution < -0.4 is 15.4 Å². The number of aromatic amines is 1. The molecule has 0 aliphatic heterocycles. The molecule has 5 rings (SSSR count). The number of fused-ring (bicyclic) bond motifs is 2. The Morgan fingerprint density at radius 2 is 1.97 bits per heavy atom. The van der Waals surface area contributed by atoms with Gasteiger partial charge in [-0.05, 0) is 48.0 Å². The average molecular weight is 429 g/mol. The summed E-state index contributed by atoms with van der Waals surface area (Å²) >= 11 is 0. The minimum Gasteiger partial charge on any atom is -0.495 e. The van der Waals surface area contributed by atoms with Crippen molar-refractivity contribution in [1.82, 2.24) is 14.5 Å². The van der Waals surface area contributed by atoms with Gasteiger partial charge in [-0.3, -0.25) is 0 Å². The number of rotatable bonds is 5. The van der Waals surface area contributed by atoms with Crippen LogP contribution in [0.3, 0.4) is 0 Å². The molecule has 32 heavy (non-hydrogen) atoms. The van der Waals surface area contributed by atoms with Gasteiger partial charge in [0.2, 0.25) is 0 Å². The van der Waals surface area contributed by atoms with E-state index in [9.17, 15) is 9.18 Å². The van der Waals surface area contributed by atoms with Crippen molar-refractivity contribution in [1.29, 1.82) is 0 Å². The van der Waals surface area contributed by atoms with Gasteiger partial charge in [-0.1, -0.05) is 6.07 Å². The molecule has 0 saturated heterocycles. The number of aromatic nitrogens is 3. The largest absolute Gasteiger partial charge is 0.495 e. The van der Waals surface area contributed by atoms with E-state index in [0.29, 0.717) is 18.0 Å². The first kappa shape index (κ1) is 19.6. The third-order valence-electron chi connectivity index (χ3n) is 5.36. The first-order valence-corrected chi connectivity index (χ1v) is 10.0. The molecule has 2 amide bonds. The zero-order valence-electron chi connectivity index (χ0n) is 17.2. The number of urea groups is 1. The van der Waals surface area contributed by atoms with Crippen LogP contribution in [0.5, 0.6) is 5.75 Å². The van der Waals surface area contributed by atoms with Crippen molar-refractivity contribution >= 4 is 39.3 Å². The second kappa shape index (κ2) is 8.07. The summed E-state index contributed by atoms with van der Waals surface area (Å²) in [7, 11) is 1.46. The molecule has 0 aliphatic carbocycles.